The summed E-state index contributed by atoms with van der Waals surface area (Å²) >= 11 is 3.52. The van der Waals surface area contributed by atoms with E-state index in [9.17, 15) is 0 Å². The molecule has 0 heterocycles. The van der Waals surface area contributed by atoms with Gasteiger partial charge in [-0.2, -0.15) is 0 Å². The zero-order valence-corrected chi connectivity index (χ0v) is 11.1. The Morgan fingerprint density at radius 3 is 2.88 bits per heavy atom. The quantitative estimate of drug-likeness (QED) is 0.741. The Kier molecular flexibility index (Phi) is 4.24. The Bertz CT molecular complexity index is 348. The van der Waals surface area contributed by atoms with Gasteiger partial charge >= 0.3 is 0 Å². The molecular weight excluding hydrogens is 268 g/mol. The molecule has 0 spiro atoms. The third-order valence-electron chi connectivity index (χ3n) is 2.88. The van der Waals surface area contributed by atoms with Crippen LogP contribution in [0.2, 0.25) is 0 Å². The standard InChI is InChI=1S/C13H17BrO2/c1-15-12-4-5-13(14)11(8-12)9-16-7-6-10-2-3-10/h4-5,8,10H,2-3,6-7,9H2,1H3. The normalized spacial score (nSPS) is 15.1. The first kappa shape index (κ1) is 11.9. The smallest absolute Gasteiger partial charge is 0.119 e. The SMILES string of the molecule is COc1ccc(Br)c(COCCC2CC2)c1. The Morgan fingerprint density at radius 2 is 2.19 bits per heavy atom. The lowest BCUT2D eigenvalue weighted by Gasteiger charge is -2.08. The summed E-state index contributed by atoms with van der Waals surface area (Å²) < 4.78 is 11.9. The first-order valence-electron chi connectivity index (χ1n) is 5.70. The molecule has 1 aromatic rings. The molecular formula is C13H17BrO2. The van der Waals surface area contributed by atoms with Crippen molar-refractivity contribution >= 4 is 15.9 Å². The molecule has 1 aliphatic carbocycles. The van der Waals surface area contributed by atoms with E-state index < -0.39 is 0 Å². The Morgan fingerprint density at radius 1 is 1.38 bits per heavy atom. The summed E-state index contributed by atoms with van der Waals surface area (Å²) in [6.45, 7) is 1.53. The zero-order valence-electron chi connectivity index (χ0n) is 9.54. The van der Waals surface area contributed by atoms with Crippen molar-refractivity contribution in [3.63, 3.8) is 0 Å². The fraction of sp³-hybridized carbons (Fsp3) is 0.538. The highest BCUT2D eigenvalue weighted by molar-refractivity contribution is 9.10. The van der Waals surface area contributed by atoms with Crippen LogP contribution in [0.5, 0.6) is 5.75 Å². The summed E-state index contributed by atoms with van der Waals surface area (Å²) in [7, 11) is 1.68. The predicted molar refractivity (Wildman–Crippen MR) is 67.7 cm³/mol. The third-order valence-corrected chi connectivity index (χ3v) is 3.65. The first-order valence-corrected chi connectivity index (χ1v) is 6.49. The fourth-order valence-corrected chi connectivity index (χ4v) is 1.99. The summed E-state index contributed by atoms with van der Waals surface area (Å²) in [5.74, 6) is 1.82. The van der Waals surface area contributed by atoms with Crippen LogP contribution in [0.4, 0.5) is 0 Å². The number of hydrogen-bond acceptors (Lipinski definition) is 2. The van der Waals surface area contributed by atoms with Gasteiger partial charge in [0.2, 0.25) is 0 Å². The molecule has 0 saturated heterocycles. The molecule has 0 aromatic heterocycles. The van der Waals surface area contributed by atoms with Crippen molar-refractivity contribution in [2.24, 2.45) is 5.92 Å². The van der Waals surface area contributed by atoms with Crippen molar-refractivity contribution in [2.45, 2.75) is 25.9 Å². The summed E-state index contributed by atoms with van der Waals surface area (Å²) in [5.41, 5.74) is 1.15. The fourth-order valence-electron chi connectivity index (χ4n) is 1.63. The van der Waals surface area contributed by atoms with E-state index in [1.807, 2.05) is 18.2 Å². The van der Waals surface area contributed by atoms with Crippen LogP contribution in [-0.4, -0.2) is 13.7 Å². The summed E-state index contributed by atoms with van der Waals surface area (Å²) in [6, 6.07) is 5.96. The molecule has 16 heavy (non-hydrogen) atoms. The second kappa shape index (κ2) is 5.69. The van der Waals surface area contributed by atoms with Crippen molar-refractivity contribution in [1.29, 1.82) is 0 Å². The van der Waals surface area contributed by atoms with E-state index in [1.54, 1.807) is 7.11 Å². The largest absolute Gasteiger partial charge is 0.497 e. The van der Waals surface area contributed by atoms with Gasteiger partial charge in [0.25, 0.3) is 0 Å². The van der Waals surface area contributed by atoms with Gasteiger partial charge in [0.1, 0.15) is 5.75 Å². The second-order valence-electron chi connectivity index (χ2n) is 4.24. The summed E-state index contributed by atoms with van der Waals surface area (Å²) in [6.07, 6.45) is 4.00. The average Bonchev–Trinajstić information content (AvgIpc) is 3.10. The molecule has 2 rings (SSSR count). The lowest BCUT2D eigenvalue weighted by molar-refractivity contribution is 0.114. The van der Waals surface area contributed by atoms with E-state index in [2.05, 4.69) is 15.9 Å². The maximum Gasteiger partial charge on any atom is 0.119 e. The molecule has 3 heteroatoms. The highest BCUT2D eigenvalue weighted by atomic mass is 79.9. The van der Waals surface area contributed by atoms with Crippen molar-refractivity contribution in [3.05, 3.63) is 28.2 Å². The minimum Gasteiger partial charge on any atom is -0.497 e. The molecule has 1 aromatic carbocycles. The monoisotopic (exact) mass is 284 g/mol. The van der Waals surface area contributed by atoms with Gasteiger partial charge < -0.3 is 9.47 Å². The molecule has 0 radical (unpaired) electrons. The molecule has 2 nitrogen and oxygen atoms in total. The van der Waals surface area contributed by atoms with E-state index in [-0.39, 0.29) is 0 Å². The summed E-state index contributed by atoms with van der Waals surface area (Å²) in [4.78, 5) is 0. The zero-order chi connectivity index (χ0) is 11.4. The van der Waals surface area contributed by atoms with Gasteiger partial charge in [0.05, 0.1) is 13.7 Å². The van der Waals surface area contributed by atoms with Crippen LogP contribution in [0.1, 0.15) is 24.8 Å². The second-order valence-corrected chi connectivity index (χ2v) is 5.10. The maximum absolute atomic E-state index is 5.67. The maximum atomic E-state index is 5.67. The van der Waals surface area contributed by atoms with E-state index in [0.717, 1.165) is 28.3 Å². The van der Waals surface area contributed by atoms with Crippen LogP contribution in [0.3, 0.4) is 0 Å². The molecule has 0 unspecified atom stereocenters. The number of methoxy groups -OCH3 is 1. The van der Waals surface area contributed by atoms with Crippen LogP contribution in [0.15, 0.2) is 22.7 Å². The van der Waals surface area contributed by atoms with Crippen molar-refractivity contribution in [2.75, 3.05) is 13.7 Å². The van der Waals surface area contributed by atoms with E-state index in [0.29, 0.717) is 6.61 Å². The topological polar surface area (TPSA) is 18.5 Å². The Labute approximate surface area is 105 Å². The number of rotatable bonds is 6. The molecule has 88 valence electrons. The van der Waals surface area contributed by atoms with Gasteiger partial charge in [-0.3, -0.25) is 0 Å². The van der Waals surface area contributed by atoms with Crippen LogP contribution in [0.25, 0.3) is 0 Å². The van der Waals surface area contributed by atoms with Crippen LogP contribution >= 0.6 is 15.9 Å². The highest BCUT2D eigenvalue weighted by Gasteiger charge is 2.20. The van der Waals surface area contributed by atoms with E-state index >= 15 is 0 Å². The highest BCUT2D eigenvalue weighted by Crippen LogP contribution is 2.32. The molecule has 0 atom stereocenters. The van der Waals surface area contributed by atoms with Crippen molar-refractivity contribution < 1.29 is 9.47 Å². The minimum atomic E-state index is 0.657. The Balaban J connectivity index is 1.81. The average molecular weight is 285 g/mol. The summed E-state index contributed by atoms with van der Waals surface area (Å²) in [5, 5.41) is 0. The van der Waals surface area contributed by atoms with Crippen LogP contribution in [0, 0.1) is 5.92 Å². The van der Waals surface area contributed by atoms with Gasteiger partial charge in [-0.15, -0.1) is 0 Å². The van der Waals surface area contributed by atoms with Gasteiger partial charge in [0.15, 0.2) is 0 Å². The van der Waals surface area contributed by atoms with E-state index in [4.69, 9.17) is 9.47 Å². The van der Waals surface area contributed by atoms with Crippen molar-refractivity contribution in [1.82, 2.24) is 0 Å². The third kappa shape index (κ3) is 3.49. The van der Waals surface area contributed by atoms with Crippen molar-refractivity contribution in [3.8, 4) is 5.75 Å². The molecule has 0 amide bonds. The lowest BCUT2D eigenvalue weighted by atomic mass is 10.2. The lowest BCUT2D eigenvalue weighted by Crippen LogP contribution is -1.97. The minimum absolute atomic E-state index is 0.657. The molecule has 1 saturated carbocycles. The number of ether oxygens (including phenoxy) is 2. The molecule has 1 fully saturated rings. The molecule has 0 bridgehead atoms. The van der Waals surface area contributed by atoms with Gasteiger partial charge in [-0.1, -0.05) is 28.8 Å². The number of benzene rings is 1. The first-order chi connectivity index (χ1) is 7.79. The van der Waals surface area contributed by atoms with Crippen LogP contribution < -0.4 is 4.74 Å². The number of hydrogen-bond donors (Lipinski definition) is 0. The number of halogens is 1. The van der Waals surface area contributed by atoms with Crippen LogP contribution in [-0.2, 0) is 11.3 Å². The van der Waals surface area contributed by atoms with E-state index in [1.165, 1.54) is 19.3 Å². The van der Waals surface area contributed by atoms with Gasteiger partial charge in [0, 0.05) is 11.1 Å². The molecule has 1 aliphatic rings. The van der Waals surface area contributed by atoms with Gasteiger partial charge in [-0.05, 0) is 36.1 Å². The predicted octanol–water partition coefficient (Wildman–Crippen LogP) is 3.77. The van der Waals surface area contributed by atoms with Gasteiger partial charge in [-0.25, -0.2) is 0 Å². The molecule has 0 aliphatic heterocycles. The Hall–Kier alpha value is -0.540. The molecule has 0 N–H and O–H groups in total.